The summed E-state index contributed by atoms with van der Waals surface area (Å²) in [5.41, 5.74) is 26.3. The van der Waals surface area contributed by atoms with Gasteiger partial charge in [-0.3, -0.25) is 9.59 Å². The predicted octanol–water partition coefficient (Wildman–Crippen LogP) is -0.365. The molecule has 0 fully saturated rings. The second-order valence-electron chi connectivity index (χ2n) is 22.7. The van der Waals surface area contributed by atoms with E-state index in [0.29, 0.717) is 51.3 Å². The van der Waals surface area contributed by atoms with Crippen molar-refractivity contribution in [2.45, 2.75) is 27.7 Å². The smallest absolute Gasteiger partial charge is 0.202 e. The summed E-state index contributed by atoms with van der Waals surface area (Å²) in [5, 5.41) is 33.3. The number of Topliss-reactive ketones (excluding diaryl/α,β-unsaturated/α-hetero) is 2. The first kappa shape index (κ1) is 71.4. The van der Waals surface area contributed by atoms with Crippen LogP contribution in [0.15, 0.2) is 140 Å². The van der Waals surface area contributed by atoms with Gasteiger partial charge in [-0.1, -0.05) is 59.1 Å². The first-order chi connectivity index (χ1) is 37.9. The number of anilines is 4. The number of halogens is 6. The number of phenolic OH excluding ortho intramolecular Hbond substituents is 1. The molecule has 84 heavy (non-hydrogen) atoms. The molecule has 2 aliphatic rings. The Labute approximate surface area is 525 Å². The second kappa shape index (κ2) is 30.3. The van der Waals surface area contributed by atoms with Crippen LogP contribution in [-0.4, -0.2) is 173 Å². The van der Waals surface area contributed by atoms with Crippen molar-refractivity contribution in [3.05, 3.63) is 146 Å². The number of nitrogen functional groups attached to an aromatic ring is 1. The largest absolute Gasteiger partial charge is 1.00 e. The van der Waals surface area contributed by atoms with Crippen LogP contribution < -0.4 is 70.4 Å². The van der Waals surface area contributed by atoms with E-state index in [2.05, 4.69) is 108 Å². The van der Waals surface area contributed by atoms with Crippen molar-refractivity contribution in [1.29, 1.82) is 0 Å². The fourth-order valence-corrected chi connectivity index (χ4v) is 8.57. The Kier molecular flexibility index (Phi) is 25.8. The molecule has 454 valence electrons. The molecule has 26 heteroatoms. The number of allylic oxidation sites excluding steroid dienone is 6. The molecule has 0 amide bonds. The topological polar surface area (TPSA) is 245 Å². The van der Waals surface area contributed by atoms with Gasteiger partial charge in [-0.15, -0.1) is 10.2 Å². The van der Waals surface area contributed by atoms with Gasteiger partial charge in [0.15, 0.2) is 17.5 Å². The number of phenols is 1. The minimum atomic E-state index is -0.269. The zero-order chi connectivity index (χ0) is 59.7. The first-order valence-corrected chi connectivity index (χ1v) is 27.3. The summed E-state index contributed by atoms with van der Waals surface area (Å²) >= 11 is 17.8. The molecule has 0 unspecified atom stereocenters. The number of quaternary nitrogens is 3. The quantitative estimate of drug-likeness (QED) is 0.0420. The van der Waals surface area contributed by atoms with Gasteiger partial charge in [-0.2, -0.15) is 5.10 Å². The number of carbonyl (C=O) groups excluding carboxylic acids is 2. The van der Waals surface area contributed by atoms with E-state index in [4.69, 9.17) is 62.0 Å². The highest BCUT2D eigenvalue weighted by atomic mass is 35.5. The van der Waals surface area contributed by atoms with Gasteiger partial charge < -0.3 is 88.9 Å². The van der Waals surface area contributed by atoms with E-state index in [-0.39, 0.29) is 81.0 Å². The third-order valence-electron chi connectivity index (χ3n) is 12.7. The Balaban J connectivity index is 0.000000306. The fraction of sp³-hybridized carbons (Fsp3) is 0.328. The summed E-state index contributed by atoms with van der Waals surface area (Å²) < 4.78 is 8.07. The molecule has 0 saturated carbocycles. The van der Waals surface area contributed by atoms with Gasteiger partial charge in [-0.25, -0.2) is 23.5 Å². The van der Waals surface area contributed by atoms with E-state index < -0.39 is 0 Å². The number of carbonyl (C=O) groups is 2. The molecule has 6 heterocycles. The minimum absolute atomic E-state index is 0. The summed E-state index contributed by atoms with van der Waals surface area (Å²) in [6, 6.07) is 21.0. The normalized spacial score (nSPS) is 14.5. The van der Waals surface area contributed by atoms with Gasteiger partial charge in [-0.05, 0) is 87.9 Å². The summed E-state index contributed by atoms with van der Waals surface area (Å²) in [4.78, 5) is 33.4. The number of ketones is 2. The monoisotopic (exact) mass is 1270 g/mol. The van der Waals surface area contributed by atoms with E-state index in [1.165, 1.54) is 11.1 Å². The van der Waals surface area contributed by atoms with Crippen LogP contribution in [0.4, 0.5) is 34.5 Å². The molecule has 0 radical (unpaired) electrons. The van der Waals surface area contributed by atoms with Crippen molar-refractivity contribution < 1.29 is 65.4 Å². The number of pyridine rings is 3. The van der Waals surface area contributed by atoms with Crippen LogP contribution in [0.3, 0.4) is 0 Å². The number of rotatable bonds is 14. The molecule has 6 aromatic heterocycles. The number of likely N-dealkylation sites (N-methyl/N-ethyl adjacent to an activating group) is 3. The third kappa shape index (κ3) is 18.8. The number of aliphatic imine (C=N–C) groups is 2. The molecule has 2 aliphatic carbocycles. The molecular weight excluding hydrogens is 1200 g/mol. The molecule has 20 nitrogen and oxygen atoms in total. The van der Waals surface area contributed by atoms with E-state index in [1.807, 2.05) is 71.6 Å². The van der Waals surface area contributed by atoms with Gasteiger partial charge in [0.1, 0.15) is 32.2 Å². The number of nitrogens with one attached hydrogen (secondary N) is 3. The Morgan fingerprint density at radius 2 is 0.869 bits per heavy atom. The number of hydrogen-bond acceptors (Lipinski definition) is 14. The van der Waals surface area contributed by atoms with Crippen LogP contribution in [0, 0.1) is 13.8 Å². The number of aryl methyl sites for hydroxylation is 2. The molecule has 7 aromatic rings. The maximum atomic E-state index is 12.0. The van der Waals surface area contributed by atoms with E-state index in [1.54, 1.807) is 54.1 Å². The highest BCUT2D eigenvalue weighted by molar-refractivity contribution is 6.49. The van der Waals surface area contributed by atoms with Crippen LogP contribution in [0.1, 0.15) is 25.0 Å². The van der Waals surface area contributed by atoms with Crippen molar-refractivity contribution in [3.63, 3.8) is 0 Å². The van der Waals surface area contributed by atoms with Gasteiger partial charge >= 0.3 is 0 Å². The SMILES string of the molecule is CC1=CC(=Nc2c(NCC[N+](C)(C)C)nn3ccccc23)C(N)=C(Cl)C1=O.CC1=CC(=Nc2c(NCC[N+](C)(C)C)nn3ccccc23)C(N)=C(Cl)C1=O.Cc1c(NCC[N+](C)(C)C)nn2ccccc12.Cc1ccc(N)c(Cl)c1O.[Cl-].[Cl-].[Cl-]. The number of aromatic hydroxyl groups is 1. The molecule has 0 aliphatic heterocycles. The molecule has 0 spiro atoms. The van der Waals surface area contributed by atoms with Crippen LogP contribution >= 0.6 is 34.8 Å². The molecule has 10 N–H and O–H groups in total. The lowest BCUT2D eigenvalue weighted by Crippen LogP contribution is -3.00. The number of aromatic nitrogens is 6. The summed E-state index contributed by atoms with van der Waals surface area (Å²) in [6.07, 6.45) is 9.02. The molecule has 0 saturated heterocycles. The average Bonchev–Trinajstić information content (AvgIpc) is 3.77. The van der Waals surface area contributed by atoms with E-state index in [9.17, 15) is 14.7 Å². The number of benzene rings is 1. The summed E-state index contributed by atoms with van der Waals surface area (Å²) in [7, 11) is 19.4. The Morgan fingerprint density at radius 1 is 0.524 bits per heavy atom. The minimum Gasteiger partial charge on any atom is -1.00 e. The van der Waals surface area contributed by atoms with Gasteiger partial charge in [0, 0.05) is 35.3 Å². The highest BCUT2D eigenvalue weighted by Gasteiger charge is 2.25. The molecule has 0 atom stereocenters. The number of hydrogen-bond donors (Lipinski definition) is 7. The fourth-order valence-electron chi connectivity index (χ4n) is 7.86. The Bertz CT molecular complexity index is 3480. The third-order valence-corrected chi connectivity index (χ3v) is 13.8. The van der Waals surface area contributed by atoms with Crippen LogP contribution in [0.2, 0.25) is 5.02 Å². The zero-order valence-electron chi connectivity index (χ0n) is 49.7. The van der Waals surface area contributed by atoms with Crippen molar-refractivity contribution in [2.24, 2.45) is 21.5 Å². The first-order valence-electron chi connectivity index (χ1n) is 26.1. The van der Waals surface area contributed by atoms with E-state index in [0.717, 1.165) is 75.1 Å². The van der Waals surface area contributed by atoms with Crippen molar-refractivity contribution >= 4 is 109 Å². The maximum absolute atomic E-state index is 12.0. The zero-order valence-corrected chi connectivity index (χ0v) is 54.2. The van der Waals surface area contributed by atoms with Crippen LogP contribution in [0.5, 0.6) is 5.75 Å². The second-order valence-corrected chi connectivity index (χ2v) is 23.8. The number of fused-ring (bicyclic) bond motifs is 3. The highest BCUT2D eigenvalue weighted by Crippen LogP contribution is 2.34. The van der Waals surface area contributed by atoms with Gasteiger partial charge in [0.25, 0.3) is 0 Å². The van der Waals surface area contributed by atoms with E-state index >= 15 is 0 Å². The van der Waals surface area contributed by atoms with Crippen molar-refractivity contribution in [1.82, 2.24) is 28.8 Å². The lowest BCUT2D eigenvalue weighted by Gasteiger charge is -2.23. The molecule has 9 rings (SSSR count). The number of nitrogens with two attached hydrogens (primary N) is 3. The molecular formula is C58H77Cl6N17O3. The van der Waals surface area contributed by atoms with Crippen LogP contribution in [-0.2, 0) is 9.59 Å². The molecule has 0 bridgehead atoms. The number of nitrogens with zero attached hydrogens (tertiary/aromatic N) is 11. The van der Waals surface area contributed by atoms with Crippen molar-refractivity contribution in [2.75, 3.05) is 124 Å². The van der Waals surface area contributed by atoms with Crippen LogP contribution in [0.25, 0.3) is 16.6 Å². The summed E-state index contributed by atoms with van der Waals surface area (Å²) in [6.45, 7) is 12.6. The lowest BCUT2D eigenvalue weighted by atomic mass is 10.0. The standard InChI is InChI=1S/2C19H23ClN6O.C13H21N4.C7H8ClNO.3ClH/c2*1-12-11-13(16(21)15(20)18(12)27)23-17-14-7-5-6-9-25(14)24-19(17)22-8-10-26(2,3)4;1-11-12-7-5-6-9-16(12)15-13(11)14-8-10-17(2,3)4;1-4-2-3-5(9)6(8)7(4)10;;;/h2*5-7,9,11H,8,10H2,1-4H3,(H2-,21,22,24,27);5-7,9H,8,10H2,1-4H3,(H,14,15);2-3,10H,9H2,1H3;3*1H/q;;+1;;;;/p-1. The lowest BCUT2D eigenvalue weighted by molar-refractivity contribution is -0.868. The maximum Gasteiger partial charge on any atom is 0.202 e. The van der Waals surface area contributed by atoms with Crippen molar-refractivity contribution in [3.8, 4) is 5.75 Å². The molecule has 1 aromatic carbocycles. The Hall–Kier alpha value is -6.85. The van der Waals surface area contributed by atoms with Gasteiger partial charge in [0.05, 0.1) is 148 Å². The van der Waals surface area contributed by atoms with Gasteiger partial charge in [0.2, 0.25) is 11.6 Å². The Morgan fingerprint density at radius 3 is 1.23 bits per heavy atom. The average molecular weight is 1270 g/mol. The summed E-state index contributed by atoms with van der Waals surface area (Å²) in [5.74, 6) is 1.85. The predicted molar refractivity (Wildman–Crippen MR) is 333 cm³/mol.